The van der Waals surface area contributed by atoms with Crippen LogP contribution in [0.2, 0.25) is 5.02 Å². The minimum Gasteiger partial charge on any atom is -0.493 e. The quantitative estimate of drug-likeness (QED) is 0.830. The molecule has 2 N–H and O–H groups in total. The van der Waals surface area contributed by atoms with Crippen molar-refractivity contribution in [2.24, 2.45) is 0 Å². The van der Waals surface area contributed by atoms with Crippen LogP contribution in [0.25, 0.3) is 0 Å². The summed E-state index contributed by atoms with van der Waals surface area (Å²) in [5, 5.41) is 7.13. The molecule has 6 heteroatoms. The van der Waals surface area contributed by atoms with E-state index in [1.54, 1.807) is 12.1 Å². The van der Waals surface area contributed by atoms with Crippen LogP contribution in [0.1, 0.15) is 57.8 Å². The third kappa shape index (κ3) is 5.02. The van der Waals surface area contributed by atoms with Gasteiger partial charge in [0.15, 0.2) is 11.5 Å². The van der Waals surface area contributed by atoms with Crippen molar-refractivity contribution < 1.29 is 14.3 Å². The van der Waals surface area contributed by atoms with Crippen molar-refractivity contribution in [2.75, 3.05) is 13.7 Å². The summed E-state index contributed by atoms with van der Waals surface area (Å²) >= 11 is 6.27. The molecule has 0 spiro atoms. The molecule has 1 saturated heterocycles. The van der Waals surface area contributed by atoms with Gasteiger partial charge in [-0.15, -0.1) is 0 Å². The monoisotopic (exact) mass is 368 g/mol. The van der Waals surface area contributed by atoms with Gasteiger partial charge < -0.3 is 20.1 Å². The van der Waals surface area contributed by atoms with Crippen molar-refractivity contribution in [3.05, 3.63) is 22.7 Å². The standard InChI is InChI=1S/C19H29ClN2O3/c1-7-25-16-14(20)8-12(9-15(16)24-6)17(23)21-13-10-18(2,3)22-19(4,5)11-13/h8-9,13,22H,7,10-11H2,1-6H3,(H,21,23). The van der Waals surface area contributed by atoms with Crippen LogP contribution in [0.3, 0.4) is 0 Å². The second kappa shape index (κ2) is 7.42. The molecule has 1 fully saturated rings. The Morgan fingerprint density at radius 1 is 1.28 bits per heavy atom. The van der Waals surface area contributed by atoms with Crippen LogP contribution in [0.5, 0.6) is 11.5 Å². The number of halogens is 1. The molecule has 1 aromatic carbocycles. The molecule has 0 bridgehead atoms. The first-order valence-corrected chi connectivity index (χ1v) is 9.05. The van der Waals surface area contributed by atoms with Crippen molar-refractivity contribution in [2.45, 2.75) is 64.6 Å². The van der Waals surface area contributed by atoms with Gasteiger partial charge in [-0.2, -0.15) is 0 Å². The Bertz CT molecular complexity index is 628. The van der Waals surface area contributed by atoms with Crippen LogP contribution in [0.15, 0.2) is 12.1 Å². The molecule has 1 aromatic rings. The predicted octanol–water partition coefficient (Wildman–Crippen LogP) is 3.79. The van der Waals surface area contributed by atoms with Crippen LogP contribution in [0, 0.1) is 0 Å². The van der Waals surface area contributed by atoms with Crippen LogP contribution in [0.4, 0.5) is 0 Å². The molecule has 1 heterocycles. The Morgan fingerprint density at radius 2 is 1.88 bits per heavy atom. The third-order valence-electron chi connectivity index (χ3n) is 4.31. The lowest BCUT2D eigenvalue weighted by molar-refractivity contribution is 0.0872. The lowest BCUT2D eigenvalue weighted by atomic mass is 9.79. The second-order valence-electron chi connectivity index (χ2n) is 7.89. The number of amides is 1. The number of methoxy groups -OCH3 is 1. The summed E-state index contributed by atoms with van der Waals surface area (Å²) in [6, 6.07) is 3.39. The van der Waals surface area contributed by atoms with E-state index in [0.29, 0.717) is 28.7 Å². The molecule has 0 aliphatic carbocycles. The molecule has 25 heavy (non-hydrogen) atoms. The summed E-state index contributed by atoms with van der Waals surface area (Å²) in [4.78, 5) is 12.7. The Kier molecular flexibility index (Phi) is 5.89. The van der Waals surface area contributed by atoms with Gasteiger partial charge in [0.05, 0.1) is 18.7 Å². The maximum Gasteiger partial charge on any atom is 0.251 e. The SMILES string of the molecule is CCOc1c(Cl)cc(C(=O)NC2CC(C)(C)NC(C)(C)C2)cc1OC. The molecule has 0 radical (unpaired) electrons. The number of ether oxygens (including phenoxy) is 2. The summed E-state index contributed by atoms with van der Waals surface area (Å²) in [5.41, 5.74) is 0.404. The first kappa shape index (κ1) is 19.9. The number of nitrogens with one attached hydrogen (secondary N) is 2. The van der Waals surface area contributed by atoms with Gasteiger partial charge in [-0.3, -0.25) is 4.79 Å². The first-order valence-electron chi connectivity index (χ1n) is 8.67. The van der Waals surface area contributed by atoms with Crippen molar-refractivity contribution in [1.82, 2.24) is 10.6 Å². The number of carbonyl (C=O) groups excluding carboxylic acids is 1. The highest BCUT2D eigenvalue weighted by molar-refractivity contribution is 6.32. The minimum atomic E-state index is -0.151. The molecule has 0 atom stereocenters. The molecule has 1 aliphatic heterocycles. The lowest BCUT2D eigenvalue weighted by Gasteiger charge is -2.46. The van der Waals surface area contributed by atoms with Gasteiger partial charge in [-0.1, -0.05) is 11.6 Å². The van der Waals surface area contributed by atoms with E-state index in [2.05, 4.69) is 38.3 Å². The average Bonchev–Trinajstić information content (AvgIpc) is 2.45. The molecular formula is C19H29ClN2O3. The van der Waals surface area contributed by atoms with Crippen molar-refractivity contribution in [3.63, 3.8) is 0 Å². The minimum absolute atomic E-state index is 0.0339. The fraction of sp³-hybridized carbons (Fsp3) is 0.632. The maximum atomic E-state index is 12.7. The molecular weight excluding hydrogens is 340 g/mol. The van der Waals surface area contributed by atoms with Crippen LogP contribution < -0.4 is 20.1 Å². The van der Waals surface area contributed by atoms with Gasteiger partial charge >= 0.3 is 0 Å². The lowest BCUT2D eigenvalue weighted by Crippen LogP contribution is -2.62. The highest BCUT2D eigenvalue weighted by Gasteiger charge is 2.38. The van der Waals surface area contributed by atoms with Crippen molar-refractivity contribution in [1.29, 1.82) is 0 Å². The van der Waals surface area contributed by atoms with Gasteiger partial charge in [0, 0.05) is 22.7 Å². The highest BCUT2D eigenvalue weighted by Crippen LogP contribution is 2.36. The Labute approximate surface area is 155 Å². The number of hydrogen-bond donors (Lipinski definition) is 2. The predicted molar refractivity (Wildman–Crippen MR) is 101 cm³/mol. The van der Waals surface area contributed by atoms with Crippen LogP contribution in [-0.4, -0.2) is 36.7 Å². The summed E-state index contributed by atoms with van der Waals surface area (Å²) in [5.74, 6) is 0.777. The number of carbonyl (C=O) groups is 1. The van der Waals surface area contributed by atoms with Gasteiger partial charge in [0.25, 0.3) is 5.91 Å². The Morgan fingerprint density at radius 3 is 2.40 bits per heavy atom. The van der Waals surface area contributed by atoms with Crippen LogP contribution >= 0.6 is 11.6 Å². The second-order valence-corrected chi connectivity index (χ2v) is 8.30. The molecule has 5 nitrogen and oxygen atoms in total. The third-order valence-corrected chi connectivity index (χ3v) is 4.59. The van der Waals surface area contributed by atoms with Crippen molar-refractivity contribution in [3.8, 4) is 11.5 Å². The molecule has 0 saturated carbocycles. The zero-order valence-electron chi connectivity index (χ0n) is 16.0. The first-order chi connectivity index (χ1) is 11.6. The number of benzene rings is 1. The summed E-state index contributed by atoms with van der Waals surface area (Å²) in [6.07, 6.45) is 1.73. The highest BCUT2D eigenvalue weighted by atomic mass is 35.5. The number of hydrogen-bond acceptors (Lipinski definition) is 4. The van der Waals surface area contributed by atoms with Gasteiger partial charge in [0.1, 0.15) is 0 Å². The van der Waals surface area contributed by atoms with E-state index >= 15 is 0 Å². The van der Waals surface area contributed by atoms with E-state index < -0.39 is 0 Å². The number of rotatable bonds is 5. The van der Waals surface area contributed by atoms with E-state index in [1.807, 2.05) is 6.92 Å². The topological polar surface area (TPSA) is 59.6 Å². The number of piperidine rings is 1. The smallest absolute Gasteiger partial charge is 0.251 e. The van der Waals surface area contributed by atoms with E-state index in [1.165, 1.54) is 7.11 Å². The molecule has 140 valence electrons. The Hall–Kier alpha value is -1.46. The van der Waals surface area contributed by atoms with E-state index in [-0.39, 0.29) is 23.0 Å². The van der Waals surface area contributed by atoms with Gasteiger partial charge in [0.2, 0.25) is 0 Å². The largest absolute Gasteiger partial charge is 0.493 e. The summed E-state index contributed by atoms with van der Waals surface area (Å²) in [6.45, 7) is 11.0. The van der Waals surface area contributed by atoms with Crippen molar-refractivity contribution >= 4 is 17.5 Å². The summed E-state index contributed by atoms with van der Waals surface area (Å²) < 4.78 is 10.8. The fourth-order valence-electron chi connectivity index (χ4n) is 3.83. The van der Waals surface area contributed by atoms with Gasteiger partial charge in [-0.05, 0) is 59.6 Å². The average molecular weight is 369 g/mol. The molecule has 0 unspecified atom stereocenters. The van der Waals surface area contributed by atoms with Crippen LogP contribution in [-0.2, 0) is 0 Å². The molecule has 1 aliphatic rings. The molecule has 2 rings (SSSR count). The Balaban J connectivity index is 2.19. The maximum absolute atomic E-state index is 12.7. The molecule has 0 aromatic heterocycles. The summed E-state index contributed by atoms with van der Waals surface area (Å²) in [7, 11) is 1.54. The van der Waals surface area contributed by atoms with E-state index in [4.69, 9.17) is 21.1 Å². The molecule has 1 amide bonds. The van der Waals surface area contributed by atoms with Gasteiger partial charge in [-0.25, -0.2) is 0 Å². The zero-order chi connectivity index (χ0) is 18.8. The fourth-order valence-corrected chi connectivity index (χ4v) is 4.09. The zero-order valence-corrected chi connectivity index (χ0v) is 16.7. The van der Waals surface area contributed by atoms with E-state index in [0.717, 1.165) is 12.8 Å². The van der Waals surface area contributed by atoms with E-state index in [9.17, 15) is 4.79 Å². The normalized spacial score (nSPS) is 19.3.